The van der Waals surface area contributed by atoms with Crippen LogP contribution in [0.2, 0.25) is 0 Å². The summed E-state index contributed by atoms with van der Waals surface area (Å²) in [6.07, 6.45) is 0. The van der Waals surface area contributed by atoms with Crippen molar-refractivity contribution in [2.75, 3.05) is 11.5 Å². The van der Waals surface area contributed by atoms with Crippen molar-refractivity contribution in [1.82, 2.24) is 10.6 Å². The summed E-state index contributed by atoms with van der Waals surface area (Å²) in [7, 11) is 0. The summed E-state index contributed by atoms with van der Waals surface area (Å²) in [4.78, 5) is 22.4. The zero-order valence-electron chi connectivity index (χ0n) is 10.8. The summed E-state index contributed by atoms with van der Waals surface area (Å²) >= 11 is 1.73. The summed E-state index contributed by atoms with van der Waals surface area (Å²) < 4.78 is 0. The highest BCUT2D eigenvalue weighted by atomic mass is 32.2. The van der Waals surface area contributed by atoms with E-state index in [0.29, 0.717) is 0 Å². The van der Waals surface area contributed by atoms with Crippen LogP contribution in [0.5, 0.6) is 0 Å². The third kappa shape index (κ3) is 7.10. The van der Waals surface area contributed by atoms with Gasteiger partial charge < -0.3 is 15.7 Å². The molecule has 0 fully saturated rings. The number of hydrogen-bond acceptors (Lipinski definition) is 3. The Balaban J connectivity index is 4.10. The molecule has 17 heavy (non-hydrogen) atoms. The molecule has 0 heterocycles. The van der Waals surface area contributed by atoms with E-state index in [9.17, 15) is 9.59 Å². The molecule has 100 valence electrons. The van der Waals surface area contributed by atoms with E-state index in [0.717, 1.165) is 11.5 Å². The van der Waals surface area contributed by atoms with E-state index in [1.54, 1.807) is 25.6 Å². The van der Waals surface area contributed by atoms with Gasteiger partial charge in [0, 0.05) is 11.8 Å². The lowest BCUT2D eigenvalue weighted by Gasteiger charge is -2.20. The Bertz CT molecular complexity index is 259. The van der Waals surface area contributed by atoms with Crippen LogP contribution in [0.1, 0.15) is 27.7 Å². The molecule has 1 unspecified atom stereocenters. The van der Waals surface area contributed by atoms with Gasteiger partial charge in [-0.1, -0.05) is 20.8 Å². The minimum Gasteiger partial charge on any atom is -0.480 e. The number of aliphatic carboxylic acids is 1. The fourth-order valence-electron chi connectivity index (χ4n) is 1.26. The highest BCUT2D eigenvalue weighted by Gasteiger charge is 2.23. The molecule has 3 N–H and O–H groups in total. The lowest BCUT2D eigenvalue weighted by molar-refractivity contribution is -0.140. The molecule has 0 radical (unpaired) electrons. The second-order valence-electron chi connectivity index (χ2n) is 4.24. The first kappa shape index (κ1) is 16.1. The first-order valence-electron chi connectivity index (χ1n) is 5.76. The predicted molar refractivity (Wildman–Crippen MR) is 70.4 cm³/mol. The lowest BCUT2D eigenvalue weighted by atomic mass is 10.1. The Labute approximate surface area is 107 Å². The number of amides is 2. The highest BCUT2D eigenvalue weighted by Crippen LogP contribution is 2.03. The van der Waals surface area contributed by atoms with Crippen LogP contribution in [0, 0.1) is 5.92 Å². The molecule has 0 saturated carbocycles. The normalized spacial score (nSPS) is 14.2. The van der Waals surface area contributed by atoms with Gasteiger partial charge >= 0.3 is 12.0 Å². The molecule has 0 saturated heterocycles. The molecule has 0 aromatic heterocycles. The maximum absolute atomic E-state index is 11.5. The van der Waals surface area contributed by atoms with Crippen molar-refractivity contribution in [1.29, 1.82) is 0 Å². The molecular formula is C11H22N2O3S. The largest absolute Gasteiger partial charge is 0.480 e. The standard InChI is InChI=1S/C11H22N2O3S/c1-5-17-6-8(4)12-11(16)13-9(7(2)3)10(14)15/h7-9H,5-6H2,1-4H3,(H,14,15)(H2,12,13,16)/t8?,9-/m1/s1. The van der Waals surface area contributed by atoms with Crippen molar-refractivity contribution in [3.63, 3.8) is 0 Å². The summed E-state index contributed by atoms with van der Waals surface area (Å²) in [6.45, 7) is 7.47. The van der Waals surface area contributed by atoms with Crippen molar-refractivity contribution in [3.8, 4) is 0 Å². The van der Waals surface area contributed by atoms with Crippen molar-refractivity contribution in [2.45, 2.75) is 39.8 Å². The fraction of sp³-hybridized carbons (Fsp3) is 0.818. The van der Waals surface area contributed by atoms with Gasteiger partial charge in [0.2, 0.25) is 0 Å². The van der Waals surface area contributed by atoms with Crippen LogP contribution >= 0.6 is 11.8 Å². The number of carbonyl (C=O) groups is 2. The molecule has 0 aromatic carbocycles. The van der Waals surface area contributed by atoms with Crippen molar-refractivity contribution in [2.24, 2.45) is 5.92 Å². The van der Waals surface area contributed by atoms with Gasteiger partial charge in [-0.25, -0.2) is 9.59 Å². The zero-order chi connectivity index (χ0) is 13.4. The number of hydrogen-bond donors (Lipinski definition) is 3. The minimum atomic E-state index is -1.01. The van der Waals surface area contributed by atoms with Crippen LogP contribution in [-0.2, 0) is 4.79 Å². The SMILES string of the molecule is CCSCC(C)NC(=O)N[C@@H](C(=O)O)C(C)C. The van der Waals surface area contributed by atoms with Gasteiger partial charge in [0.1, 0.15) is 6.04 Å². The highest BCUT2D eigenvalue weighted by molar-refractivity contribution is 7.99. The van der Waals surface area contributed by atoms with Crippen molar-refractivity contribution >= 4 is 23.8 Å². The molecule has 2 amide bonds. The van der Waals surface area contributed by atoms with Crippen LogP contribution in [0.3, 0.4) is 0 Å². The Morgan fingerprint density at radius 2 is 1.82 bits per heavy atom. The van der Waals surface area contributed by atoms with Gasteiger partial charge in [0.05, 0.1) is 0 Å². The Morgan fingerprint density at radius 3 is 2.24 bits per heavy atom. The summed E-state index contributed by atoms with van der Waals surface area (Å²) in [5.74, 6) is 0.671. The summed E-state index contributed by atoms with van der Waals surface area (Å²) in [5, 5.41) is 14.1. The third-order valence-electron chi connectivity index (χ3n) is 2.17. The Hall–Kier alpha value is -0.910. The molecule has 0 aliphatic rings. The van der Waals surface area contributed by atoms with E-state index < -0.39 is 18.0 Å². The van der Waals surface area contributed by atoms with Gasteiger partial charge in [0.15, 0.2) is 0 Å². The van der Waals surface area contributed by atoms with E-state index >= 15 is 0 Å². The van der Waals surface area contributed by atoms with Crippen molar-refractivity contribution < 1.29 is 14.7 Å². The van der Waals surface area contributed by atoms with Crippen LogP contribution < -0.4 is 10.6 Å². The van der Waals surface area contributed by atoms with E-state index in [2.05, 4.69) is 17.6 Å². The van der Waals surface area contributed by atoms with Crippen LogP contribution in [0.25, 0.3) is 0 Å². The lowest BCUT2D eigenvalue weighted by Crippen LogP contribution is -2.50. The predicted octanol–water partition coefficient (Wildman–Crippen LogP) is 1.54. The molecule has 2 atom stereocenters. The minimum absolute atomic E-state index is 0.0292. The first-order chi connectivity index (χ1) is 7.88. The van der Waals surface area contributed by atoms with Gasteiger partial charge in [0.25, 0.3) is 0 Å². The molecule has 0 aliphatic carbocycles. The Kier molecular flexibility index (Phi) is 7.78. The smallest absolute Gasteiger partial charge is 0.326 e. The van der Waals surface area contributed by atoms with Crippen molar-refractivity contribution in [3.05, 3.63) is 0 Å². The fourth-order valence-corrected chi connectivity index (χ4v) is 1.93. The number of nitrogens with one attached hydrogen (secondary N) is 2. The quantitative estimate of drug-likeness (QED) is 0.650. The molecule has 0 aromatic rings. The zero-order valence-corrected chi connectivity index (χ0v) is 11.6. The number of carboxylic acid groups (broad SMARTS) is 1. The van der Waals surface area contributed by atoms with E-state index in [1.165, 1.54) is 0 Å². The molecule has 0 aliphatic heterocycles. The van der Waals surface area contributed by atoms with E-state index in [-0.39, 0.29) is 12.0 Å². The van der Waals surface area contributed by atoms with Gasteiger partial charge in [-0.15, -0.1) is 0 Å². The monoisotopic (exact) mass is 262 g/mol. The maximum Gasteiger partial charge on any atom is 0.326 e. The maximum atomic E-state index is 11.5. The van der Waals surface area contributed by atoms with Crippen LogP contribution in [-0.4, -0.2) is 40.7 Å². The Morgan fingerprint density at radius 1 is 1.24 bits per heavy atom. The number of carbonyl (C=O) groups excluding carboxylic acids is 1. The molecular weight excluding hydrogens is 240 g/mol. The van der Waals surface area contributed by atoms with Gasteiger partial charge in [-0.2, -0.15) is 11.8 Å². The summed E-state index contributed by atoms with van der Waals surface area (Å²) in [6, 6.07) is -1.24. The van der Waals surface area contributed by atoms with E-state index in [4.69, 9.17) is 5.11 Å². The second kappa shape index (κ2) is 8.22. The molecule has 0 spiro atoms. The van der Waals surface area contributed by atoms with Gasteiger partial charge in [-0.3, -0.25) is 0 Å². The van der Waals surface area contributed by atoms with Crippen LogP contribution in [0.15, 0.2) is 0 Å². The van der Waals surface area contributed by atoms with Crippen LogP contribution in [0.4, 0.5) is 4.79 Å². The van der Waals surface area contributed by atoms with Gasteiger partial charge in [-0.05, 0) is 18.6 Å². The number of rotatable bonds is 7. The third-order valence-corrected chi connectivity index (χ3v) is 3.31. The summed E-state index contributed by atoms with van der Waals surface area (Å²) in [5.41, 5.74) is 0. The topological polar surface area (TPSA) is 78.4 Å². The molecule has 0 rings (SSSR count). The van der Waals surface area contributed by atoms with E-state index in [1.807, 2.05) is 6.92 Å². The molecule has 0 bridgehead atoms. The molecule has 6 heteroatoms. The average molecular weight is 262 g/mol. The average Bonchev–Trinajstić information content (AvgIpc) is 2.22. The first-order valence-corrected chi connectivity index (χ1v) is 6.91. The number of carboxylic acids is 1. The number of urea groups is 1. The second-order valence-corrected chi connectivity index (χ2v) is 5.56. The molecule has 5 nitrogen and oxygen atoms in total. The number of thioether (sulfide) groups is 1.